The van der Waals surface area contributed by atoms with Crippen molar-refractivity contribution in [2.24, 2.45) is 5.73 Å². The van der Waals surface area contributed by atoms with Crippen molar-refractivity contribution in [3.8, 4) is 0 Å². The van der Waals surface area contributed by atoms with Crippen LogP contribution in [0.15, 0.2) is 42.7 Å². The van der Waals surface area contributed by atoms with Gasteiger partial charge in [-0.25, -0.2) is 15.4 Å². The largest absolute Gasteiger partial charge is 0.368 e. The summed E-state index contributed by atoms with van der Waals surface area (Å²) >= 11 is 0. The molecule has 5 rings (SSSR count). The van der Waals surface area contributed by atoms with Crippen LogP contribution >= 0.6 is 0 Å². The molecule has 5 N–H and O–H groups in total. The number of aromatic nitrogens is 3. The molecule has 2 aliphatic heterocycles. The van der Waals surface area contributed by atoms with Crippen LogP contribution in [0.25, 0.3) is 0 Å². The zero-order valence-electron chi connectivity index (χ0n) is 18.7. The fourth-order valence-electron chi connectivity index (χ4n) is 4.66. The molecule has 1 fully saturated rings. The Hall–Kier alpha value is -3.27. The molecule has 0 amide bonds. The number of nitrogens with two attached hydrogens (primary N) is 1. The number of hydrogen-bond donors (Lipinski definition) is 4. The van der Waals surface area contributed by atoms with Gasteiger partial charge < -0.3 is 21.3 Å². The maximum absolute atomic E-state index is 6.90. The van der Waals surface area contributed by atoms with Crippen molar-refractivity contribution in [2.75, 3.05) is 48.5 Å². The van der Waals surface area contributed by atoms with Gasteiger partial charge in [0.15, 0.2) is 5.82 Å². The van der Waals surface area contributed by atoms with E-state index in [0.29, 0.717) is 11.8 Å². The first-order valence-electron chi connectivity index (χ1n) is 10.9. The fourth-order valence-corrected chi connectivity index (χ4v) is 4.66. The number of fused-ring (bicyclic) bond motifs is 1. The van der Waals surface area contributed by atoms with Gasteiger partial charge in [0.05, 0.1) is 17.4 Å². The molecule has 2 aromatic heterocycles. The van der Waals surface area contributed by atoms with E-state index in [2.05, 4.69) is 63.0 Å². The Bertz CT molecular complexity index is 1100. The minimum Gasteiger partial charge on any atom is -0.368 e. The second-order valence-corrected chi connectivity index (χ2v) is 8.44. The van der Waals surface area contributed by atoms with Crippen LogP contribution in [0.2, 0.25) is 0 Å². The lowest BCUT2D eigenvalue weighted by Crippen LogP contribution is -2.52. The van der Waals surface area contributed by atoms with E-state index in [1.54, 1.807) is 6.20 Å². The van der Waals surface area contributed by atoms with Gasteiger partial charge in [-0.05, 0) is 42.7 Å². The minimum absolute atomic E-state index is 0.477. The van der Waals surface area contributed by atoms with Crippen LogP contribution in [-0.4, -0.2) is 48.2 Å². The number of benzene rings is 1. The molecule has 1 unspecified atom stereocenters. The van der Waals surface area contributed by atoms with Gasteiger partial charge in [-0.3, -0.25) is 5.01 Å². The summed E-state index contributed by atoms with van der Waals surface area (Å²) in [6, 6.07) is 10.2. The number of hydrazine groups is 1. The van der Waals surface area contributed by atoms with Crippen LogP contribution in [-0.2, 0) is 5.66 Å². The number of hydrogen-bond acceptors (Lipinski definition) is 9. The Labute approximate surface area is 188 Å². The van der Waals surface area contributed by atoms with Crippen molar-refractivity contribution >= 4 is 23.3 Å². The Morgan fingerprint density at radius 2 is 1.78 bits per heavy atom. The molecule has 1 saturated heterocycles. The topological polar surface area (TPSA) is 107 Å². The van der Waals surface area contributed by atoms with Crippen LogP contribution in [0.3, 0.4) is 0 Å². The molecule has 9 nitrogen and oxygen atoms in total. The standard InChI is InChI=1S/C23H29N9/c1-15-5-4-6-16(2)20(15)23(24)18-14-27-22(29-21(18)31(3)30-23)28-19-8-7-17(13-26-19)32-11-9-25-10-12-32/h4-8,13-14,25,30H,9-12,24H2,1-3H3,(H,26,27,28,29). The van der Waals surface area contributed by atoms with Crippen molar-refractivity contribution in [1.82, 2.24) is 25.7 Å². The molecule has 0 aliphatic carbocycles. The number of anilines is 4. The Kier molecular flexibility index (Phi) is 5.16. The number of piperazine rings is 1. The molecular formula is C23H29N9. The number of aryl methyl sites for hydroxylation is 2. The zero-order valence-corrected chi connectivity index (χ0v) is 18.7. The smallest absolute Gasteiger partial charge is 0.230 e. The average molecular weight is 432 g/mol. The van der Waals surface area contributed by atoms with Crippen LogP contribution < -0.4 is 31.7 Å². The lowest BCUT2D eigenvalue weighted by atomic mass is 9.88. The van der Waals surface area contributed by atoms with Crippen LogP contribution in [0, 0.1) is 13.8 Å². The third-order valence-corrected chi connectivity index (χ3v) is 6.20. The lowest BCUT2D eigenvalue weighted by Gasteiger charge is -2.29. The average Bonchev–Trinajstić information content (AvgIpc) is 3.05. The maximum atomic E-state index is 6.90. The summed E-state index contributed by atoms with van der Waals surface area (Å²) in [5.41, 5.74) is 14.6. The second-order valence-electron chi connectivity index (χ2n) is 8.44. The molecule has 166 valence electrons. The molecule has 32 heavy (non-hydrogen) atoms. The molecule has 1 atom stereocenters. The third kappa shape index (κ3) is 3.54. The van der Waals surface area contributed by atoms with Crippen LogP contribution in [0.4, 0.5) is 23.3 Å². The summed E-state index contributed by atoms with van der Waals surface area (Å²) in [5.74, 6) is 1.92. The van der Waals surface area contributed by atoms with Gasteiger partial charge in [-0.15, -0.1) is 0 Å². The second kappa shape index (κ2) is 8.01. The number of nitrogens with one attached hydrogen (secondary N) is 3. The minimum atomic E-state index is -0.888. The maximum Gasteiger partial charge on any atom is 0.230 e. The van der Waals surface area contributed by atoms with E-state index < -0.39 is 5.66 Å². The zero-order chi connectivity index (χ0) is 22.3. The molecule has 0 saturated carbocycles. The van der Waals surface area contributed by atoms with E-state index >= 15 is 0 Å². The Morgan fingerprint density at radius 1 is 1.03 bits per heavy atom. The van der Waals surface area contributed by atoms with Crippen LogP contribution in [0.5, 0.6) is 0 Å². The van der Waals surface area contributed by atoms with E-state index in [9.17, 15) is 0 Å². The molecule has 1 aromatic carbocycles. The number of nitrogens with zero attached hydrogens (tertiary/aromatic N) is 5. The van der Waals surface area contributed by atoms with Crippen molar-refractivity contribution < 1.29 is 0 Å². The number of rotatable bonds is 4. The highest BCUT2D eigenvalue weighted by Crippen LogP contribution is 2.39. The Balaban J connectivity index is 1.40. The SMILES string of the molecule is Cc1cccc(C)c1C1(N)NN(C)c2nc(Nc3ccc(N4CCNCC4)cn3)ncc21. The van der Waals surface area contributed by atoms with E-state index in [4.69, 9.17) is 10.7 Å². The molecule has 0 bridgehead atoms. The molecular weight excluding hydrogens is 402 g/mol. The van der Waals surface area contributed by atoms with E-state index in [-0.39, 0.29) is 0 Å². The van der Waals surface area contributed by atoms with Crippen LogP contribution in [0.1, 0.15) is 22.3 Å². The van der Waals surface area contributed by atoms with E-state index in [0.717, 1.165) is 59.9 Å². The number of pyridine rings is 1. The summed E-state index contributed by atoms with van der Waals surface area (Å²) < 4.78 is 0. The van der Waals surface area contributed by atoms with Gasteiger partial charge in [-0.2, -0.15) is 4.98 Å². The highest BCUT2D eigenvalue weighted by atomic mass is 15.6. The first kappa shape index (κ1) is 20.6. The predicted octanol–water partition coefficient (Wildman–Crippen LogP) is 1.76. The first-order chi connectivity index (χ1) is 15.5. The first-order valence-corrected chi connectivity index (χ1v) is 10.9. The van der Waals surface area contributed by atoms with Gasteiger partial charge in [0.1, 0.15) is 11.5 Å². The Morgan fingerprint density at radius 3 is 2.47 bits per heavy atom. The molecule has 3 aromatic rings. The van der Waals surface area contributed by atoms with Gasteiger partial charge in [-0.1, -0.05) is 18.2 Å². The van der Waals surface area contributed by atoms with Crippen molar-refractivity contribution in [3.63, 3.8) is 0 Å². The summed E-state index contributed by atoms with van der Waals surface area (Å²) in [6.07, 6.45) is 3.68. The summed E-state index contributed by atoms with van der Waals surface area (Å²) in [7, 11) is 1.92. The fraction of sp³-hybridized carbons (Fsp3) is 0.348. The van der Waals surface area contributed by atoms with Crippen molar-refractivity contribution in [1.29, 1.82) is 0 Å². The van der Waals surface area contributed by atoms with Gasteiger partial charge in [0.25, 0.3) is 0 Å². The van der Waals surface area contributed by atoms with E-state index in [1.165, 1.54) is 0 Å². The van der Waals surface area contributed by atoms with Gasteiger partial charge in [0.2, 0.25) is 5.95 Å². The molecule has 9 heteroatoms. The van der Waals surface area contributed by atoms with E-state index in [1.807, 2.05) is 30.4 Å². The third-order valence-electron chi connectivity index (χ3n) is 6.20. The summed E-state index contributed by atoms with van der Waals surface area (Å²) in [6.45, 7) is 8.11. The van der Waals surface area contributed by atoms with Gasteiger partial charge in [0, 0.05) is 39.4 Å². The van der Waals surface area contributed by atoms with Crippen molar-refractivity contribution in [2.45, 2.75) is 19.5 Å². The highest BCUT2D eigenvalue weighted by molar-refractivity contribution is 5.63. The quantitative estimate of drug-likeness (QED) is 0.491. The molecule has 4 heterocycles. The highest BCUT2D eigenvalue weighted by Gasteiger charge is 2.43. The molecule has 2 aliphatic rings. The summed E-state index contributed by atoms with van der Waals surface area (Å²) in [4.78, 5) is 16.2. The van der Waals surface area contributed by atoms with Crippen molar-refractivity contribution in [3.05, 3.63) is 65.0 Å². The normalized spacial score (nSPS) is 20.4. The lowest BCUT2D eigenvalue weighted by molar-refractivity contribution is 0.442. The van der Waals surface area contributed by atoms with Gasteiger partial charge >= 0.3 is 0 Å². The predicted molar refractivity (Wildman–Crippen MR) is 127 cm³/mol. The molecule has 0 radical (unpaired) electrons. The monoisotopic (exact) mass is 431 g/mol. The summed E-state index contributed by atoms with van der Waals surface area (Å²) in [5, 5.41) is 8.44. The molecule has 0 spiro atoms.